The number of hydrogen-bond acceptors (Lipinski definition) is 3. The van der Waals surface area contributed by atoms with Gasteiger partial charge in [0.15, 0.2) is 0 Å². The summed E-state index contributed by atoms with van der Waals surface area (Å²) in [7, 11) is 1.98. The van der Waals surface area contributed by atoms with Crippen LogP contribution in [0.2, 0.25) is 0 Å². The van der Waals surface area contributed by atoms with Crippen LogP contribution in [0.1, 0.15) is 58.8 Å². The van der Waals surface area contributed by atoms with Crippen LogP contribution in [0.25, 0.3) is 0 Å². The zero-order valence-electron chi connectivity index (χ0n) is 19.0. The standard InChI is InChI=1S/C26H35N3O2/c1-25-13-11-20-18(8-10-21-26(20,2)14-12-24(31)29(21)3)19(25)9-7-17(25)16-23(30)28-22-6-4-5-15-27-22/h4-6,12,14-15,17-21H,7-11,13,16H2,1-3H3,(H,27,28,30)/t17-,18+,19+,20+,21-,25-,26-/m1/s1. The maximum atomic E-state index is 12.8. The van der Waals surface area contributed by atoms with Crippen LogP contribution in [0.3, 0.4) is 0 Å². The smallest absolute Gasteiger partial charge is 0.246 e. The van der Waals surface area contributed by atoms with Crippen LogP contribution < -0.4 is 5.32 Å². The Kier molecular flexibility index (Phi) is 4.98. The van der Waals surface area contributed by atoms with E-state index < -0.39 is 0 Å². The summed E-state index contributed by atoms with van der Waals surface area (Å²) in [6.07, 6.45) is 13.4. The summed E-state index contributed by atoms with van der Waals surface area (Å²) in [6.45, 7) is 4.85. The van der Waals surface area contributed by atoms with Gasteiger partial charge in [-0.1, -0.05) is 26.0 Å². The van der Waals surface area contributed by atoms with E-state index in [1.54, 1.807) is 6.20 Å². The summed E-state index contributed by atoms with van der Waals surface area (Å²) in [5.41, 5.74) is 0.327. The Bertz CT molecular complexity index is 899. The number of amides is 2. The number of pyridine rings is 1. The molecule has 3 saturated carbocycles. The molecule has 31 heavy (non-hydrogen) atoms. The molecule has 1 aliphatic heterocycles. The highest BCUT2D eigenvalue weighted by Crippen LogP contribution is 2.65. The molecule has 0 saturated heterocycles. The molecule has 4 aliphatic rings. The number of nitrogens with one attached hydrogen (secondary N) is 1. The number of anilines is 1. The normalized spacial score (nSPS) is 41.3. The third-order valence-electron chi connectivity index (χ3n) is 9.69. The predicted octanol–water partition coefficient (Wildman–Crippen LogP) is 4.67. The van der Waals surface area contributed by atoms with Crippen molar-refractivity contribution in [2.45, 2.75) is 64.8 Å². The number of fused-ring (bicyclic) bond motifs is 5. The topological polar surface area (TPSA) is 62.3 Å². The van der Waals surface area contributed by atoms with Gasteiger partial charge in [0.1, 0.15) is 5.82 Å². The van der Waals surface area contributed by atoms with Gasteiger partial charge in [0.2, 0.25) is 11.8 Å². The average molecular weight is 422 g/mol. The Labute approximate surface area is 185 Å². The van der Waals surface area contributed by atoms with Crippen molar-refractivity contribution >= 4 is 17.6 Å². The number of hydrogen-bond donors (Lipinski definition) is 1. The first-order valence-corrected chi connectivity index (χ1v) is 12.0. The zero-order chi connectivity index (χ0) is 21.8. The Balaban J connectivity index is 1.32. The van der Waals surface area contributed by atoms with Gasteiger partial charge in [0.05, 0.1) is 0 Å². The maximum Gasteiger partial charge on any atom is 0.246 e. The van der Waals surface area contributed by atoms with Gasteiger partial charge in [-0.2, -0.15) is 0 Å². The van der Waals surface area contributed by atoms with Crippen molar-refractivity contribution in [1.29, 1.82) is 0 Å². The summed E-state index contributed by atoms with van der Waals surface area (Å²) in [4.78, 5) is 31.3. The Morgan fingerprint density at radius 2 is 2.00 bits per heavy atom. The fourth-order valence-electron chi connectivity index (χ4n) is 8.04. The van der Waals surface area contributed by atoms with Crippen molar-refractivity contribution in [3.8, 4) is 0 Å². The number of carbonyl (C=O) groups is 2. The van der Waals surface area contributed by atoms with Gasteiger partial charge < -0.3 is 10.2 Å². The van der Waals surface area contributed by atoms with Crippen LogP contribution in [0, 0.1) is 34.5 Å². The second-order valence-corrected chi connectivity index (χ2v) is 10.9. The van der Waals surface area contributed by atoms with E-state index >= 15 is 0 Å². The van der Waals surface area contributed by atoms with Crippen molar-refractivity contribution in [1.82, 2.24) is 9.88 Å². The van der Waals surface area contributed by atoms with E-state index in [0.29, 0.717) is 42.0 Å². The van der Waals surface area contributed by atoms with Crippen molar-refractivity contribution in [3.63, 3.8) is 0 Å². The van der Waals surface area contributed by atoms with E-state index in [1.807, 2.05) is 36.2 Å². The average Bonchev–Trinajstić information content (AvgIpc) is 3.08. The molecule has 0 unspecified atom stereocenters. The second kappa shape index (κ2) is 7.46. The Morgan fingerprint density at radius 3 is 2.77 bits per heavy atom. The Hall–Kier alpha value is -2.17. The first-order chi connectivity index (χ1) is 14.8. The minimum absolute atomic E-state index is 0.0847. The molecule has 1 aromatic rings. The third-order valence-corrected chi connectivity index (χ3v) is 9.69. The van der Waals surface area contributed by atoms with Crippen molar-refractivity contribution in [2.75, 3.05) is 12.4 Å². The van der Waals surface area contributed by atoms with E-state index in [-0.39, 0.29) is 22.6 Å². The molecule has 0 radical (unpaired) electrons. The maximum absolute atomic E-state index is 12.8. The summed E-state index contributed by atoms with van der Waals surface area (Å²) in [5, 5.41) is 2.99. The molecular weight excluding hydrogens is 386 g/mol. The number of nitrogens with zero attached hydrogens (tertiary/aromatic N) is 2. The summed E-state index contributed by atoms with van der Waals surface area (Å²) in [6, 6.07) is 5.94. The van der Waals surface area contributed by atoms with Crippen LogP contribution in [-0.2, 0) is 9.59 Å². The van der Waals surface area contributed by atoms with Crippen molar-refractivity contribution in [3.05, 3.63) is 36.5 Å². The molecule has 2 amide bonds. The zero-order valence-corrected chi connectivity index (χ0v) is 19.0. The fourth-order valence-corrected chi connectivity index (χ4v) is 8.04. The van der Waals surface area contributed by atoms with Gasteiger partial charge in [-0.15, -0.1) is 0 Å². The van der Waals surface area contributed by atoms with Crippen LogP contribution in [0.15, 0.2) is 36.5 Å². The predicted molar refractivity (Wildman–Crippen MR) is 121 cm³/mol. The van der Waals surface area contributed by atoms with Gasteiger partial charge in [-0.05, 0) is 85.8 Å². The largest absolute Gasteiger partial charge is 0.338 e. The molecule has 0 aromatic carbocycles. The van der Waals surface area contributed by atoms with Gasteiger partial charge in [0, 0.05) is 31.1 Å². The van der Waals surface area contributed by atoms with Crippen molar-refractivity contribution < 1.29 is 9.59 Å². The summed E-state index contributed by atoms with van der Waals surface area (Å²) in [5.74, 6) is 3.37. The Morgan fingerprint density at radius 1 is 1.16 bits per heavy atom. The SMILES string of the molecule is CN1C(=O)C=C[C@]2(C)[C@H]3CC[C@]4(C)[C@@H](CC(=O)Nc5ccccn5)CC[C@H]4[C@@H]3CC[C@@H]12. The molecule has 3 fully saturated rings. The highest BCUT2D eigenvalue weighted by Gasteiger charge is 2.60. The lowest BCUT2D eigenvalue weighted by Gasteiger charge is -2.60. The van der Waals surface area contributed by atoms with Gasteiger partial charge in [-0.3, -0.25) is 9.59 Å². The van der Waals surface area contributed by atoms with Crippen LogP contribution >= 0.6 is 0 Å². The van der Waals surface area contributed by atoms with Crippen LogP contribution in [0.4, 0.5) is 5.82 Å². The lowest BCUT2D eigenvalue weighted by Crippen LogP contribution is -2.59. The molecule has 0 spiro atoms. The third kappa shape index (κ3) is 3.23. The molecule has 5 rings (SSSR count). The molecule has 1 aromatic heterocycles. The monoisotopic (exact) mass is 421 g/mol. The fraction of sp³-hybridized carbons (Fsp3) is 0.654. The first-order valence-electron chi connectivity index (χ1n) is 12.0. The quantitative estimate of drug-likeness (QED) is 0.772. The highest BCUT2D eigenvalue weighted by atomic mass is 16.2. The van der Waals surface area contributed by atoms with E-state index in [1.165, 1.54) is 25.7 Å². The molecule has 5 heteroatoms. The highest BCUT2D eigenvalue weighted by molar-refractivity contribution is 5.90. The van der Waals surface area contributed by atoms with E-state index in [0.717, 1.165) is 12.8 Å². The number of carbonyl (C=O) groups excluding carboxylic acids is 2. The minimum Gasteiger partial charge on any atom is -0.338 e. The lowest BCUT2D eigenvalue weighted by molar-refractivity contribution is -0.139. The minimum atomic E-state index is 0.0847. The molecule has 166 valence electrons. The van der Waals surface area contributed by atoms with Crippen molar-refractivity contribution in [2.24, 2.45) is 34.5 Å². The van der Waals surface area contributed by atoms with E-state index in [9.17, 15) is 9.59 Å². The van der Waals surface area contributed by atoms with E-state index in [2.05, 4.69) is 30.2 Å². The van der Waals surface area contributed by atoms with Gasteiger partial charge >= 0.3 is 0 Å². The molecule has 3 aliphatic carbocycles. The molecule has 0 bridgehead atoms. The molecule has 2 heterocycles. The van der Waals surface area contributed by atoms with Crippen LogP contribution in [-0.4, -0.2) is 34.8 Å². The molecular formula is C26H35N3O2. The van der Waals surface area contributed by atoms with Gasteiger partial charge in [0.25, 0.3) is 0 Å². The van der Waals surface area contributed by atoms with Gasteiger partial charge in [-0.25, -0.2) is 4.98 Å². The number of aromatic nitrogens is 1. The second-order valence-electron chi connectivity index (χ2n) is 10.9. The first kappa shape index (κ1) is 20.7. The molecule has 7 atom stereocenters. The van der Waals surface area contributed by atoms with E-state index in [4.69, 9.17) is 0 Å². The number of rotatable bonds is 3. The lowest BCUT2D eigenvalue weighted by atomic mass is 9.47. The van der Waals surface area contributed by atoms with Crippen LogP contribution in [0.5, 0.6) is 0 Å². The number of likely N-dealkylation sites (N-methyl/N-ethyl adjacent to an activating group) is 1. The summed E-state index contributed by atoms with van der Waals surface area (Å²) < 4.78 is 0. The summed E-state index contributed by atoms with van der Waals surface area (Å²) >= 11 is 0. The molecule has 5 nitrogen and oxygen atoms in total. The molecule has 1 N–H and O–H groups in total.